The largest absolute Gasteiger partial charge is 0.494 e. The lowest BCUT2D eigenvalue weighted by Crippen LogP contribution is -2.46. The number of nitrogens with zero attached hydrogens (tertiary/aromatic N) is 1. The highest BCUT2D eigenvalue weighted by molar-refractivity contribution is 8.12. The highest BCUT2D eigenvalue weighted by Gasteiger charge is 2.49. The van der Waals surface area contributed by atoms with Crippen LogP contribution in [0.5, 0.6) is 0 Å². The minimum Gasteiger partial charge on any atom is -0.494 e. The molecule has 1 aromatic rings. The zero-order chi connectivity index (χ0) is 33.0. The monoisotopic (exact) mass is 662 g/mol. The van der Waals surface area contributed by atoms with Crippen molar-refractivity contribution in [2.45, 2.75) is 82.8 Å². The predicted octanol–water partition coefficient (Wildman–Crippen LogP) is 4.51. The molecular weight excluding hydrogens is 623 g/mol. The number of sulfonamides is 2. The molecule has 0 aromatic heterocycles. The Morgan fingerprint density at radius 1 is 0.929 bits per heavy atom. The van der Waals surface area contributed by atoms with Gasteiger partial charge in [-0.25, -0.2) is 16.8 Å². The Bertz CT molecular complexity index is 1330. The molecule has 0 bridgehead atoms. The van der Waals surface area contributed by atoms with Crippen LogP contribution in [-0.4, -0.2) is 68.3 Å². The summed E-state index contributed by atoms with van der Waals surface area (Å²) in [5.41, 5.74) is -8.88. The zero-order valence-electron chi connectivity index (χ0n) is 24.9. The van der Waals surface area contributed by atoms with Gasteiger partial charge < -0.3 is 22.8 Å². The fourth-order valence-electron chi connectivity index (χ4n) is 4.48. The Morgan fingerprint density at radius 2 is 1.45 bits per heavy atom. The van der Waals surface area contributed by atoms with Gasteiger partial charge in [0.15, 0.2) is 10.0 Å². The van der Waals surface area contributed by atoms with Gasteiger partial charge in [-0.05, 0) is 69.3 Å². The van der Waals surface area contributed by atoms with Crippen molar-refractivity contribution < 1.29 is 58.3 Å². The molecule has 17 heteroatoms. The van der Waals surface area contributed by atoms with Crippen molar-refractivity contribution in [2.24, 2.45) is 10.8 Å². The van der Waals surface area contributed by atoms with Crippen LogP contribution in [0.4, 0.5) is 13.2 Å². The van der Waals surface area contributed by atoms with Gasteiger partial charge in [-0.1, -0.05) is 32.9 Å². The molecule has 11 nitrogen and oxygen atoms in total. The molecule has 0 aliphatic heterocycles. The SMILES string of the molecule is CCC(C)(CC(C)(CC(C)(C)c1ccc(S(=O)(=O)[N-]S(=O)(=O)C(F)(F)F)cc1)C(=O)OCCO)C(=O)O[Si](C)(C)OC. The molecule has 0 saturated heterocycles. The topological polar surface area (TPSA) is 164 Å². The van der Waals surface area contributed by atoms with Gasteiger partial charge in [0.1, 0.15) is 16.6 Å². The number of aliphatic hydroxyl groups excluding tert-OH is 1. The summed E-state index contributed by atoms with van der Waals surface area (Å²) in [5.74, 6) is -1.26. The maximum atomic E-state index is 13.3. The molecule has 2 atom stereocenters. The number of hydrogen-bond donors (Lipinski definition) is 1. The average molecular weight is 663 g/mol. The fourth-order valence-corrected chi connectivity index (χ4v) is 7.45. The molecule has 0 spiro atoms. The molecule has 0 amide bonds. The minimum absolute atomic E-state index is 0.0299. The number of esters is 1. The summed E-state index contributed by atoms with van der Waals surface area (Å²) in [6.07, 6.45) is 0.301. The van der Waals surface area contributed by atoms with E-state index in [4.69, 9.17) is 13.6 Å². The lowest BCUT2D eigenvalue weighted by molar-refractivity contribution is -0.163. The first-order valence-electron chi connectivity index (χ1n) is 12.8. The van der Waals surface area contributed by atoms with E-state index in [1.54, 1.807) is 47.7 Å². The van der Waals surface area contributed by atoms with Crippen LogP contribution in [0.3, 0.4) is 0 Å². The fraction of sp³-hybridized carbons (Fsp3) is 0.680. The first kappa shape index (κ1) is 38.0. The van der Waals surface area contributed by atoms with Crippen molar-refractivity contribution in [1.82, 2.24) is 0 Å². The molecule has 0 aliphatic carbocycles. The van der Waals surface area contributed by atoms with Crippen LogP contribution in [0.25, 0.3) is 4.13 Å². The molecule has 0 fully saturated rings. The maximum absolute atomic E-state index is 13.3. The van der Waals surface area contributed by atoms with Crippen LogP contribution in [-0.2, 0) is 48.6 Å². The van der Waals surface area contributed by atoms with E-state index in [1.165, 1.54) is 19.2 Å². The van der Waals surface area contributed by atoms with E-state index < -0.39 is 73.8 Å². The second-order valence-corrected chi connectivity index (χ2v) is 18.4. The van der Waals surface area contributed by atoms with Gasteiger partial charge in [0.05, 0.1) is 17.4 Å². The number of halogens is 3. The number of benzene rings is 1. The summed E-state index contributed by atoms with van der Waals surface area (Å²) in [6, 6.07) is 4.35. The van der Waals surface area contributed by atoms with Crippen LogP contribution in [0.15, 0.2) is 29.2 Å². The first-order valence-corrected chi connectivity index (χ1v) is 18.5. The van der Waals surface area contributed by atoms with Crippen LogP contribution < -0.4 is 0 Å². The van der Waals surface area contributed by atoms with E-state index in [0.29, 0.717) is 12.0 Å². The lowest BCUT2D eigenvalue weighted by Gasteiger charge is -2.41. The van der Waals surface area contributed by atoms with E-state index in [9.17, 15) is 44.7 Å². The van der Waals surface area contributed by atoms with E-state index in [0.717, 1.165) is 12.1 Å². The Labute approximate surface area is 246 Å². The van der Waals surface area contributed by atoms with Crippen LogP contribution in [0, 0.1) is 10.8 Å². The Balaban J connectivity index is 3.45. The van der Waals surface area contributed by atoms with Crippen molar-refractivity contribution in [2.75, 3.05) is 20.3 Å². The van der Waals surface area contributed by atoms with E-state index in [1.807, 2.05) is 0 Å². The van der Waals surface area contributed by atoms with E-state index in [-0.39, 0.29) is 19.4 Å². The van der Waals surface area contributed by atoms with Crippen molar-refractivity contribution in [3.63, 3.8) is 0 Å². The number of ether oxygens (including phenoxy) is 1. The molecule has 0 radical (unpaired) electrons. The first-order chi connectivity index (χ1) is 18.8. The molecule has 0 aliphatic rings. The molecular formula is C25H39F3NO10S2Si-. The number of hydrogen-bond acceptors (Lipinski definition) is 10. The standard InChI is InChI=1S/C25H39F3NO10S2Si/c1-9-23(4,21(32)39-42(7,8)37-6)17-24(5,20(31)38-15-14-30)16-22(2,3)18-10-12-19(13-11-18)40(33,34)29-41(35,36)25(26,27)28/h10-13,30H,9,14-17H2,1-8H3/q-1. The third-order valence-electron chi connectivity index (χ3n) is 6.96. The quantitative estimate of drug-likeness (QED) is 0.209. The third kappa shape index (κ3) is 9.47. The van der Waals surface area contributed by atoms with Crippen LogP contribution in [0.2, 0.25) is 13.1 Å². The number of aliphatic hydroxyl groups is 1. The summed E-state index contributed by atoms with van der Waals surface area (Å²) >= 11 is 0. The molecule has 0 saturated carbocycles. The van der Waals surface area contributed by atoms with Gasteiger partial charge >= 0.3 is 20.0 Å². The molecule has 1 rings (SSSR count). The van der Waals surface area contributed by atoms with E-state index in [2.05, 4.69) is 4.13 Å². The summed E-state index contributed by atoms with van der Waals surface area (Å²) < 4.78 is 103. The normalized spacial score (nSPS) is 16.3. The summed E-state index contributed by atoms with van der Waals surface area (Å²) in [4.78, 5) is 25.8. The highest BCUT2D eigenvalue weighted by Crippen LogP contribution is 2.47. The Morgan fingerprint density at radius 3 is 1.88 bits per heavy atom. The predicted molar refractivity (Wildman–Crippen MR) is 149 cm³/mol. The third-order valence-corrected chi connectivity index (χ3v) is 11.6. The van der Waals surface area contributed by atoms with Crippen molar-refractivity contribution in [1.29, 1.82) is 0 Å². The van der Waals surface area contributed by atoms with Crippen molar-refractivity contribution in [3.8, 4) is 0 Å². The van der Waals surface area contributed by atoms with Gasteiger partial charge in [-0.3, -0.25) is 9.59 Å². The smallest absolute Gasteiger partial charge is 0.480 e. The second kappa shape index (κ2) is 13.3. The van der Waals surface area contributed by atoms with Gasteiger partial charge in [0.25, 0.3) is 5.97 Å². The van der Waals surface area contributed by atoms with Crippen molar-refractivity contribution >= 4 is 40.5 Å². The van der Waals surface area contributed by atoms with Gasteiger partial charge in [-0.2, -0.15) is 13.2 Å². The molecule has 2 unspecified atom stereocenters. The molecule has 1 N–H and O–H groups in total. The van der Waals surface area contributed by atoms with Crippen LogP contribution in [0.1, 0.15) is 59.4 Å². The maximum Gasteiger partial charge on any atom is 0.480 e. The molecule has 242 valence electrons. The zero-order valence-corrected chi connectivity index (χ0v) is 27.5. The number of alkyl halides is 3. The summed E-state index contributed by atoms with van der Waals surface area (Å²) in [7, 11) is -12.9. The minimum atomic E-state index is -6.30. The molecule has 0 heterocycles. The highest BCUT2D eigenvalue weighted by atomic mass is 32.3. The number of carbonyl (C=O) groups is 2. The Kier molecular flexibility index (Phi) is 12.0. The number of carbonyl (C=O) groups excluding carboxylic acids is 2. The molecule has 42 heavy (non-hydrogen) atoms. The lowest BCUT2D eigenvalue weighted by atomic mass is 9.63. The Hall–Kier alpha value is -2.05. The van der Waals surface area contributed by atoms with Crippen molar-refractivity contribution in [3.05, 3.63) is 34.0 Å². The van der Waals surface area contributed by atoms with Gasteiger partial charge in [0, 0.05) is 12.0 Å². The van der Waals surface area contributed by atoms with E-state index >= 15 is 0 Å². The second-order valence-electron chi connectivity index (χ2n) is 11.6. The van der Waals surface area contributed by atoms with Gasteiger partial charge in [-0.15, -0.1) is 0 Å². The van der Waals surface area contributed by atoms with Gasteiger partial charge in [0.2, 0.25) is 0 Å². The van der Waals surface area contributed by atoms with Crippen LogP contribution >= 0.6 is 0 Å². The summed E-state index contributed by atoms with van der Waals surface area (Å²) in [6.45, 7) is 11.1. The average Bonchev–Trinajstić information content (AvgIpc) is 2.85. The summed E-state index contributed by atoms with van der Waals surface area (Å²) in [5, 5.41) is 9.20. The molecule has 1 aromatic carbocycles. The number of rotatable bonds is 15.